The van der Waals surface area contributed by atoms with Crippen molar-refractivity contribution < 1.29 is 74.7 Å². The summed E-state index contributed by atoms with van der Waals surface area (Å²) in [5.41, 5.74) is -12.9. The number of ketones is 2. The van der Waals surface area contributed by atoms with Crippen molar-refractivity contribution in [3.8, 4) is 0 Å². The summed E-state index contributed by atoms with van der Waals surface area (Å²) < 4.78 is 117. The van der Waals surface area contributed by atoms with Gasteiger partial charge in [-0.3, -0.25) is 19.2 Å². The van der Waals surface area contributed by atoms with Crippen LogP contribution >= 0.6 is 34.9 Å². The van der Waals surface area contributed by atoms with Crippen LogP contribution in [0.1, 0.15) is 106 Å². The first-order valence-corrected chi connectivity index (χ1v) is 26.3. The highest BCUT2D eigenvalue weighted by Gasteiger charge is 2.82. The number of alkyl halides is 6. The molecule has 0 aromatic carbocycles. The minimum absolute atomic E-state index is 0. The summed E-state index contributed by atoms with van der Waals surface area (Å²) in [5.74, 6) is -5.00. The number of aliphatic hydroxyl groups is 2. The fraction of sp³-hybridized carbons (Fsp3) is 0.692. The van der Waals surface area contributed by atoms with Gasteiger partial charge in [-0.2, -0.15) is 0 Å². The minimum atomic E-state index is -2.27. The molecular formula is C52H64F6O10S3. The Morgan fingerprint density at radius 1 is 0.704 bits per heavy atom. The number of thioether (sulfide) groups is 2. The molecule has 2 N–H and O–H groups in total. The maximum Gasteiger partial charge on any atom is 0.226 e. The number of rotatable bonds is 5. The second kappa shape index (κ2) is 17.7. The normalized spacial score (nSPS) is 49.1. The highest BCUT2D eigenvalue weighted by atomic mass is 32.2. The van der Waals surface area contributed by atoms with Crippen molar-refractivity contribution >= 4 is 56.7 Å². The zero-order valence-corrected chi connectivity index (χ0v) is 41.3. The Morgan fingerprint density at radius 3 is 1.63 bits per heavy atom. The van der Waals surface area contributed by atoms with E-state index in [4.69, 9.17) is 18.9 Å². The quantitative estimate of drug-likeness (QED) is 0.271. The first-order valence-electron chi connectivity index (χ1n) is 23.4. The van der Waals surface area contributed by atoms with Crippen LogP contribution in [-0.4, -0.2) is 109 Å². The van der Waals surface area contributed by atoms with Crippen molar-refractivity contribution in [2.45, 2.75) is 166 Å². The second-order valence-corrected chi connectivity index (χ2v) is 24.7. The topological polar surface area (TPSA) is 146 Å². The van der Waals surface area contributed by atoms with Gasteiger partial charge in [-0.15, -0.1) is 11.3 Å². The van der Waals surface area contributed by atoms with Gasteiger partial charge in [0, 0.05) is 33.5 Å². The number of aliphatic hydroxyl groups excluding tert-OH is 2. The maximum atomic E-state index is 17.3. The van der Waals surface area contributed by atoms with Crippen LogP contribution in [0.4, 0.5) is 26.3 Å². The van der Waals surface area contributed by atoms with E-state index in [-0.39, 0.29) is 64.5 Å². The van der Waals surface area contributed by atoms with Crippen LogP contribution in [0.5, 0.6) is 0 Å². The third-order valence-corrected chi connectivity index (χ3v) is 21.0. The van der Waals surface area contributed by atoms with E-state index in [0.717, 1.165) is 17.0 Å². The lowest BCUT2D eigenvalue weighted by molar-refractivity contribution is -0.246. The molecular weight excluding hydrogens is 995 g/mol. The Morgan fingerprint density at radius 2 is 1.17 bits per heavy atom. The van der Waals surface area contributed by atoms with Gasteiger partial charge in [-0.05, 0) is 125 Å². The average molecular weight is 1060 g/mol. The lowest BCUT2D eigenvalue weighted by Gasteiger charge is -2.63. The maximum absolute atomic E-state index is 17.3. The van der Waals surface area contributed by atoms with Crippen molar-refractivity contribution in [1.82, 2.24) is 0 Å². The van der Waals surface area contributed by atoms with E-state index in [1.807, 2.05) is 17.5 Å². The van der Waals surface area contributed by atoms with Crippen LogP contribution in [0.15, 0.2) is 65.1 Å². The third-order valence-electron chi connectivity index (χ3n) is 18.7. The number of fused-ring (bicyclic) bond motifs is 14. The molecule has 8 aliphatic carbocycles. The van der Waals surface area contributed by atoms with Gasteiger partial charge < -0.3 is 29.2 Å². The monoisotopic (exact) mass is 1060 g/mol. The van der Waals surface area contributed by atoms with Crippen LogP contribution in [0.2, 0.25) is 0 Å². The molecule has 0 amide bonds. The number of carbonyl (C=O) groups excluding carboxylic acids is 4. The van der Waals surface area contributed by atoms with E-state index in [9.17, 15) is 38.2 Å². The number of carbonyl (C=O) groups is 4. The lowest BCUT2D eigenvalue weighted by Crippen LogP contribution is -2.70. The molecule has 392 valence electrons. The summed E-state index contributed by atoms with van der Waals surface area (Å²) >= 11 is 2.36. The van der Waals surface area contributed by atoms with Crippen LogP contribution < -0.4 is 0 Å². The number of allylic oxidation sites excluding steroid dienone is 8. The molecule has 1 aromatic rings. The van der Waals surface area contributed by atoms with Gasteiger partial charge in [-0.25, -0.2) is 26.3 Å². The van der Waals surface area contributed by atoms with Crippen LogP contribution in [0, 0.1) is 45.3 Å². The zero-order valence-electron chi connectivity index (χ0n) is 38.9. The highest BCUT2D eigenvalue weighted by molar-refractivity contribution is 8.14. The van der Waals surface area contributed by atoms with Gasteiger partial charge in [0.05, 0.1) is 29.3 Å². The summed E-state index contributed by atoms with van der Waals surface area (Å²) in [6.07, 6.45) is -1.52. The third kappa shape index (κ3) is 6.90. The molecule has 0 spiro atoms. The van der Waals surface area contributed by atoms with Crippen molar-refractivity contribution in [3.05, 3.63) is 70.0 Å². The van der Waals surface area contributed by atoms with E-state index in [1.165, 1.54) is 49.5 Å². The van der Waals surface area contributed by atoms with Gasteiger partial charge in [0.1, 0.15) is 24.4 Å². The molecule has 3 heterocycles. The Labute approximate surface area is 423 Å². The van der Waals surface area contributed by atoms with Crippen molar-refractivity contribution in [2.24, 2.45) is 45.3 Å². The molecule has 19 atom stereocenters. The van der Waals surface area contributed by atoms with E-state index in [0.29, 0.717) is 23.5 Å². The molecule has 0 bridgehead atoms. The van der Waals surface area contributed by atoms with E-state index < -0.39 is 151 Å². The molecule has 1 aromatic heterocycles. The fourth-order valence-electron chi connectivity index (χ4n) is 15.8. The van der Waals surface area contributed by atoms with Gasteiger partial charge in [0.15, 0.2) is 46.2 Å². The molecule has 1 unspecified atom stereocenters. The minimum Gasteiger partial charge on any atom is -0.390 e. The number of thiophene rings is 1. The van der Waals surface area contributed by atoms with E-state index in [2.05, 4.69) is 0 Å². The molecule has 0 radical (unpaired) electrons. The van der Waals surface area contributed by atoms with E-state index >= 15 is 17.6 Å². The molecule has 10 nitrogen and oxygen atoms in total. The molecule has 71 heavy (non-hydrogen) atoms. The van der Waals surface area contributed by atoms with Gasteiger partial charge >= 0.3 is 0 Å². The number of ether oxygens (including phenoxy) is 4. The Hall–Kier alpha value is -2.62. The number of halogens is 6. The molecule has 8 fully saturated rings. The summed E-state index contributed by atoms with van der Waals surface area (Å²) in [6, 6.07) is 1.74. The number of hydrogen-bond donors (Lipinski definition) is 2. The Kier molecular flexibility index (Phi) is 13.6. The number of hydrogen-bond acceptors (Lipinski definition) is 13. The molecule has 19 heteroatoms. The highest BCUT2D eigenvalue weighted by Crippen LogP contribution is 2.75. The predicted molar refractivity (Wildman–Crippen MR) is 257 cm³/mol. The Balaban J connectivity index is 0.000000186. The Bertz CT molecular complexity index is 2490. The molecule has 11 rings (SSSR count). The second-order valence-electron chi connectivity index (χ2n) is 21.9. The smallest absolute Gasteiger partial charge is 0.226 e. The van der Waals surface area contributed by atoms with E-state index in [1.54, 1.807) is 27.7 Å². The summed E-state index contributed by atoms with van der Waals surface area (Å²) in [6.45, 7) is 9.90. The summed E-state index contributed by atoms with van der Waals surface area (Å²) in [5, 5.41) is 23.6. The van der Waals surface area contributed by atoms with Gasteiger partial charge in [-0.1, -0.05) is 70.4 Å². The van der Waals surface area contributed by atoms with Gasteiger partial charge in [0.25, 0.3) is 0 Å². The average Bonchev–Trinajstić information content (AvgIpc) is 4.09. The lowest BCUT2D eigenvalue weighted by atomic mass is 9.44. The van der Waals surface area contributed by atoms with Gasteiger partial charge in [0.2, 0.25) is 10.2 Å². The van der Waals surface area contributed by atoms with Crippen molar-refractivity contribution in [3.63, 3.8) is 0 Å². The van der Waals surface area contributed by atoms with Crippen LogP contribution in [0.3, 0.4) is 0 Å². The zero-order chi connectivity index (χ0) is 49.9. The summed E-state index contributed by atoms with van der Waals surface area (Å²) in [7, 11) is 0. The fourth-order valence-corrected chi connectivity index (χ4v) is 17.9. The van der Waals surface area contributed by atoms with Crippen LogP contribution in [-0.2, 0) is 38.1 Å². The SMILES string of the molecule is C.C.CC1(C)O[C@@H]2C[C@H]3[C@@H]4C[C@H](F)C5=CC(=O)C=C[C@]5(C)[C@@]4(F)[C@@H](O)C[C@]3(C)[C@]2(C(=O)SCF)O1.C[C@]12C=CC(=O)C=C1[C@@H](F)C[C@H]1[C@@H]3C[C@H]4OC(c5cccs5)O[C@@]4(C(=O)SCF)[C@@]3(C)C[C@H](O)[C@@]12F. The van der Waals surface area contributed by atoms with Crippen molar-refractivity contribution in [1.29, 1.82) is 0 Å². The molecule has 2 saturated heterocycles. The standard InChI is InChI=1S/C26H27F3O5S2.C24H29F3O5S.2CH4/c1-23-6-5-13(30)8-16(23)17(28)9-15-14-10-20-26(22(32)36-12-27,24(14,2)11-19(31)25(15,23)29)34-21(33-20)18-4-3-7-35-18;1-20(2)31-18-9-13-14-8-16(26)15-7-12(28)5-6-21(15,3)23(14,27)17(29)10-22(13,4)24(18,32-20)19(30)33-11-25;;/h3-8,14-15,17,19-21,31H,9-12H2,1-2H3;5-7,13-14,16-18,29H,8-11H2,1-4H3;2*1H4/t14-,15-,17-,19-,20+,21?,23-,24-,25-,26-;13-,14-,16-,17-,18+,21-,22-,23-,24-;;/m00../s1. The first kappa shape index (κ1) is 54.6. The van der Waals surface area contributed by atoms with Crippen LogP contribution in [0.25, 0.3) is 0 Å². The molecule has 2 aliphatic heterocycles. The molecule has 10 aliphatic rings. The summed E-state index contributed by atoms with van der Waals surface area (Å²) in [4.78, 5) is 51.6. The first-order chi connectivity index (χ1) is 32.3. The van der Waals surface area contributed by atoms with Crippen molar-refractivity contribution in [2.75, 3.05) is 12.0 Å². The molecule has 6 saturated carbocycles. The largest absolute Gasteiger partial charge is 0.390 e. The predicted octanol–water partition coefficient (Wildman–Crippen LogP) is 10.3.